The second kappa shape index (κ2) is 3.81. The third-order valence-corrected chi connectivity index (χ3v) is 1.98. The first-order valence-electron chi connectivity index (χ1n) is 4.26. The highest BCUT2D eigenvalue weighted by molar-refractivity contribution is 5.44. The van der Waals surface area contributed by atoms with E-state index in [2.05, 4.69) is 0 Å². The molecular formula is C9H10FNO3. The number of fused-ring (bicyclic) bond motifs is 1. The maximum absolute atomic E-state index is 13.3. The van der Waals surface area contributed by atoms with E-state index >= 15 is 0 Å². The molecule has 14 heavy (non-hydrogen) atoms. The van der Waals surface area contributed by atoms with Gasteiger partial charge in [0.1, 0.15) is 19.0 Å². The number of hydrogen-bond acceptors (Lipinski definition) is 4. The summed E-state index contributed by atoms with van der Waals surface area (Å²) in [5, 5.41) is 8.46. The fraction of sp³-hybridized carbons (Fsp3) is 0.333. The highest BCUT2D eigenvalue weighted by Crippen LogP contribution is 2.32. The Kier molecular flexibility index (Phi) is 2.51. The van der Waals surface area contributed by atoms with E-state index in [4.69, 9.17) is 14.7 Å². The van der Waals surface area contributed by atoms with Crippen LogP contribution in [-0.2, 0) is 6.54 Å². The van der Waals surface area contributed by atoms with Crippen LogP contribution in [0.15, 0.2) is 12.1 Å². The van der Waals surface area contributed by atoms with Gasteiger partial charge in [0.2, 0.25) is 0 Å². The summed E-state index contributed by atoms with van der Waals surface area (Å²) >= 11 is 0. The number of hydrogen-bond donors (Lipinski definition) is 2. The van der Waals surface area contributed by atoms with Crippen LogP contribution in [-0.4, -0.2) is 18.4 Å². The number of ether oxygens (including phenoxy) is 2. The van der Waals surface area contributed by atoms with Crippen molar-refractivity contribution in [3.05, 3.63) is 23.5 Å². The van der Waals surface area contributed by atoms with Crippen molar-refractivity contribution >= 4 is 0 Å². The zero-order valence-electron chi connectivity index (χ0n) is 7.42. The molecular weight excluding hydrogens is 189 g/mol. The Morgan fingerprint density at radius 3 is 2.57 bits per heavy atom. The minimum absolute atomic E-state index is 0.0441. The number of halogens is 1. The van der Waals surface area contributed by atoms with Gasteiger partial charge in [-0.1, -0.05) is 0 Å². The van der Waals surface area contributed by atoms with Gasteiger partial charge in [-0.15, -0.1) is 0 Å². The van der Waals surface area contributed by atoms with Gasteiger partial charge in [0, 0.05) is 18.2 Å². The molecule has 0 amide bonds. The van der Waals surface area contributed by atoms with E-state index in [1.165, 1.54) is 12.1 Å². The molecule has 0 aromatic heterocycles. The van der Waals surface area contributed by atoms with Gasteiger partial charge in [-0.3, -0.25) is 0 Å². The molecule has 0 unspecified atom stereocenters. The summed E-state index contributed by atoms with van der Waals surface area (Å²) < 4.78 is 23.7. The Hall–Kier alpha value is -1.33. The SMILES string of the molecule is ONCc1cc2c(cc1F)OCCO2. The van der Waals surface area contributed by atoms with Crippen LogP contribution in [0.25, 0.3) is 0 Å². The number of nitrogens with one attached hydrogen (secondary N) is 1. The van der Waals surface area contributed by atoms with Gasteiger partial charge < -0.3 is 14.7 Å². The van der Waals surface area contributed by atoms with Crippen LogP contribution in [0.4, 0.5) is 4.39 Å². The predicted octanol–water partition coefficient (Wildman–Crippen LogP) is 1.08. The molecule has 1 heterocycles. The zero-order valence-corrected chi connectivity index (χ0v) is 7.42. The Morgan fingerprint density at radius 2 is 1.93 bits per heavy atom. The molecule has 0 fully saturated rings. The average Bonchev–Trinajstić information content (AvgIpc) is 2.19. The lowest BCUT2D eigenvalue weighted by Gasteiger charge is -2.19. The van der Waals surface area contributed by atoms with Crippen LogP contribution in [0, 0.1) is 5.82 Å². The summed E-state index contributed by atoms with van der Waals surface area (Å²) in [4.78, 5) is 0. The highest BCUT2D eigenvalue weighted by Gasteiger charge is 2.15. The Bertz CT molecular complexity index is 343. The minimum atomic E-state index is -0.421. The van der Waals surface area contributed by atoms with Gasteiger partial charge in [-0.25, -0.2) is 9.87 Å². The lowest BCUT2D eigenvalue weighted by atomic mass is 10.2. The number of benzene rings is 1. The fourth-order valence-corrected chi connectivity index (χ4v) is 1.33. The van der Waals surface area contributed by atoms with E-state index < -0.39 is 5.82 Å². The van der Waals surface area contributed by atoms with E-state index in [1.54, 1.807) is 0 Å². The molecule has 76 valence electrons. The second-order valence-corrected chi connectivity index (χ2v) is 2.92. The smallest absolute Gasteiger partial charge is 0.164 e. The normalized spacial score (nSPS) is 14.1. The molecule has 1 aromatic rings. The molecule has 1 aliphatic heterocycles. The third-order valence-electron chi connectivity index (χ3n) is 1.98. The van der Waals surface area contributed by atoms with Gasteiger partial charge in [0.25, 0.3) is 0 Å². The van der Waals surface area contributed by atoms with Crippen LogP contribution >= 0.6 is 0 Å². The molecule has 0 radical (unpaired) electrons. The molecule has 0 spiro atoms. The van der Waals surface area contributed by atoms with Crippen LogP contribution in [0.2, 0.25) is 0 Å². The quantitative estimate of drug-likeness (QED) is 0.700. The highest BCUT2D eigenvalue weighted by atomic mass is 19.1. The molecule has 2 N–H and O–H groups in total. The summed E-state index contributed by atoms with van der Waals surface area (Å²) in [5.41, 5.74) is 2.24. The van der Waals surface area contributed by atoms with Crippen molar-refractivity contribution < 1.29 is 19.1 Å². The molecule has 1 aromatic carbocycles. The molecule has 2 rings (SSSR count). The lowest BCUT2D eigenvalue weighted by Crippen LogP contribution is -2.16. The molecule has 5 heteroatoms. The van der Waals surface area contributed by atoms with Crippen LogP contribution in [0.5, 0.6) is 11.5 Å². The summed E-state index contributed by atoms with van der Waals surface area (Å²) in [6, 6.07) is 2.79. The first kappa shape index (κ1) is 9.23. The van der Waals surface area contributed by atoms with Crippen LogP contribution in [0.3, 0.4) is 0 Å². The minimum Gasteiger partial charge on any atom is -0.486 e. The van der Waals surface area contributed by atoms with Gasteiger partial charge >= 0.3 is 0 Å². The molecule has 1 aliphatic rings. The Balaban J connectivity index is 2.35. The average molecular weight is 199 g/mol. The standard InChI is InChI=1S/C9H10FNO3/c10-7-4-9-8(13-1-2-14-9)3-6(7)5-11-12/h3-4,11-12H,1-2,5H2. The first-order valence-corrected chi connectivity index (χ1v) is 4.26. The zero-order chi connectivity index (χ0) is 9.97. The van der Waals surface area contributed by atoms with Crippen molar-refractivity contribution in [3.8, 4) is 11.5 Å². The number of rotatable bonds is 2. The summed E-state index contributed by atoms with van der Waals surface area (Å²) in [6.45, 7) is 0.942. The van der Waals surface area contributed by atoms with Gasteiger partial charge in [0.05, 0.1) is 0 Å². The molecule has 4 nitrogen and oxygen atoms in total. The Morgan fingerprint density at radius 1 is 1.29 bits per heavy atom. The third kappa shape index (κ3) is 1.64. The maximum atomic E-state index is 13.3. The largest absolute Gasteiger partial charge is 0.486 e. The van der Waals surface area contributed by atoms with Crippen molar-refractivity contribution in [2.45, 2.75) is 6.54 Å². The predicted molar refractivity (Wildman–Crippen MR) is 46.0 cm³/mol. The van der Waals surface area contributed by atoms with E-state index in [0.717, 1.165) is 0 Å². The lowest BCUT2D eigenvalue weighted by molar-refractivity contribution is 0.157. The van der Waals surface area contributed by atoms with Crippen molar-refractivity contribution in [3.63, 3.8) is 0 Å². The molecule has 0 saturated carbocycles. The summed E-state index contributed by atoms with van der Waals surface area (Å²) in [6.07, 6.45) is 0. The van der Waals surface area contributed by atoms with Crippen LogP contribution < -0.4 is 15.0 Å². The molecule has 0 aliphatic carbocycles. The molecule has 0 saturated heterocycles. The summed E-state index contributed by atoms with van der Waals surface area (Å²) in [7, 11) is 0. The second-order valence-electron chi connectivity index (χ2n) is 2.92. The maximum Gasteiger partial charge on any atom is 0.164 e. The van der Waals surface area contributed by atoms with E-state index in [1.807, 2.05) is 5.48 Å². The summed E-state index contributed by atoms with van der Waals surface area (Å²) in [5.74, 6) is 0.508. The molecule has 0 atom stereocenters. The number of hydroxylamine groups is 1. The topological polar surface area (TPSA) is 50.7 Å². The van der Waals surface area contributed by atoms with Gasteiger partial charge in [-0.05, 0) is 6.07 Å². The van der Waals surface area contributed by atoms with E-state index in [-0.39, 0.29) is 6.54 Å². The Labute approximate surface area is 80.2 Å². The molecule has 0 bridgehead atoms. The van der Waals surface area contributed by atoms with E-state index in [0.29, 0.717) is 30.3 Å². The fourth-order valence-electron chi connectivity index (χ4n) is 1.33. The van der Waals surface area contributed by atoms with Crippen molar-refractivity contribution in [1.82, 2.24) is 5.48 Å². The van der Waals surface area contributed by atoms with Gasteiger partial charge in [-0.2, -0.15) is 0 Å². The van der Waals surface area contributed by atoms with Crippen LogP contribution in [0.1, 0.15) is 5.56 Å². The van der Waals surface area contributed by atoms with Crippen molar-refractivity contribution in [1.29, 1.82) is 0 Å². The van der Waals surface area contributed by atoms with Crippen molar-refractivity contribution in [2.24, 2.45) is 0 Å². The first-order chi connectivity index (χ1) is 6.81. The van der Waals surface area contributed by atoms with Gasteiger partial charge in [0.15, 0.2) is 11.5 Å². The van der Waals surface area contributed by atoms with E-state index in [9.17, 15) is 4.39 Å². The monoisotopic (exact) mass is 199 g/mol. The van der Waals surface area contributed by atoms with Crippen molar-refractivity contribution in [2.75, 3.05) is 13.2 Å².